The van der Waals surface area contributed by atoms with Crippen LogP contribution in [-0.4, -0.2) is 4.98 Å². The van der Waals surface area contributed by atoms with Crippen LogP contribution in [0.25, 0.3) is 11.3 Å². The van der Waals surface area contributed by atoms with Crippen LogP contribution < -0.4 is 0 Å². The van der Waals surface area contributed by atoms with Gasteiger partial charge in [-0.05, 0) is 12.1 Å². The van der Waals surface area contributed by atoms with Gasteiger partial charge in [0.05, 0.1) is 11.8 Å². The normalized spacial score (nSPS) is 11.8. The maximum atomic E-state index is 13.1. The summed E-state index contributed by atoms with van der Waals surface area (Å²) in [6.45, 7) is 0. The van der Waals surface area contributed by atoms with Crippen LogP contribution in [0.15, 0.2) is 28.8 Å². The van der Waals surface area contributed by atoms with Crippen LogP contribution in [-0.2, 0) is 6.18 Å². The van der Waals surface area contributed by atoms with Crippen molar-refractivity contribution in [2.45, 2.75) is 6.18 Å². The number of alkyl halides is 3. The Balaban J connectivity index is 2.45. The molecule has 0 bridgehead atoms. The quantitative estimate of drug-likeness (QED) is 0.702. The average molecular weight is 230 g/mol. The molecule has 0 atom stereocenters. The van der Waals surface area contributed by atoms with E-state index in [4.69, 9.17) is 4.42 Å². The summed E-state index contributed by atoms with van der Waals surface area (Å²) >= 11 is 0. The van der Waals surface area contributed by atoms with Gasteiger partial charge in [0, 0.05) is 5.56 Å². The lowest BCUT2D eigenvalue weighted by Crippen LogP contribution is -2.07. The van der Waals surface area contributed by atoms with Crippen molar-refractivity contribution in [2.75, 3.05) is 0 Å². The largest absolute Gasteiger partial charge is 0.432 e. The summed E-state index contributed by atoms with van der Waals surface area (Å²) in [5.41, 5.74) is -1.13. The number of rotatable bonds is 1. The number of hydrogen-bond acceptors (Lipinski definition) is 2. The van der Waals surface area contributed by atoms with Crippen molar-refractivity contribution in [3.8, 4) is 11.3 Å². The van der Waals surface area contributed by atoms with Crippen molar-refractivity contribution in [1.29, 1.82) is 0 Å². The number of benzene rings is 1. The Kier molecular flexibility index (Phi) is 2.41. The molecule has 6 heteroatoms. The van der Waals surface area contributed by atoms with E-state index in [-0.39, 0.29) is 11.3 Å². The average Bonchev–Trinajstić information content (AvgIpc) is 2.68. The van der Waals surface area contributed by atoms with Gasteiger partial charge in [-0.15, -0.1) is 0 Å². The second-order valence-corrected chi connectivity index (χ2v) is 3.01. The number of aromatic nitrogens is 1. The van der Waals surface area contributed by atoms with Crippen LogP contribution in [0, 0.1) is 12.2 Å². The van der Waals surface area contributed by atoms with Crippen LogP contribution in [0.5, 0.6) is 0 Å². The molecule has 0 aliphatic rings. The second-order valence-electron chi connectivity index (χ2n) is 3.01. The lowest BCUT2D eigenvalue weighted by Gasteiger charge is -2.08. The van der Waals surface area contributed by atoms with Crippen LogP contribution in [0.1, 0.15) is 5.56 Å². The van der Waals surface area contributed by atoms with Gasteiger partial charge >= 0.3 is 6.18 Å². The highest BCUT2D eigenvalue weighted by molar-refractivity contribution is 5.56. The molecule has 1 radical (unpaired) electrons. The highest BCUT2D eigenvalue weighted by Gasteiger charge is 2.34. The number of halogens is 4. The third-order valence-corrected chi connectivity index (χ3v) is 1.95. The molecule has 1 heterocycles. The SMILES string of the molecule is Fc1cc(-c2cn[c]o2)ccc1C(F)(F)F. The number of hydrogen-bond donors (Lipinski definition) is 0. The van der Waals surface area contributed by atoms with Gasteiger partial charge in [-0.1, -0.05) is 6.07 Å². The van der Waals surface area contributed by atoms with Gasteiger partial charge in [-0.25, -0.2) is 9.37 Å². The summed E-state index contributed by atoms with van der Waals surface area (Å²) in [6, 6.07) is 2.52. The molecule has 16 heavy (non-hydrogen) atoms. The fourth-order valence-corrected chi connectivity index (χ4v) is 1.22. The predicted octanol–water partition coefficient (Wildman–Crippen LogP) is 3.30. The first-order chi connectivity index (χ1) is 7.48. The second kappa shape index (κ2) is 3.62. The standard InChI is InChI=1S/C10H4F4NO/c11-8-3-6(9-4-15-5-16-9)1-2-7(8)10(12,13)14/h1-4H. The van der Waals surface area contributed by atoms with Crippen molar-refractivity contribution >= 4 is 0 Å². The highest BCUT2D eigenvalue weighted by Crippen LogP contribution is 2.33. The Morgan fingerprint density at radius 1 is 1.25 bits per heavy atom. The van der Waals surface area contributed by atoms with E-state index in [2.05, 4.69) is 11.4 Å². The summed E-state index contributed by atoms with van der Waals surface area (Å²) < 4.78 is 54.6. The van der Waals surface area contributed by atoms with E-state index < -0.39 is 17.6 Å². The maximum absolute atomic E-state index is 13.1. The molecule has 83 valence electrons. The molecule has 0 saturated carbocycles. The van der Waals surface area contributed by atoms with Crippen molar-refractivity contribution < 1.29 is 22.0 Å². The Hall–Kier alpha value is -1.85. The van der Waals surface area contributed by atoms with Crippen molar-refractivity contribution in [2.24, 2.45) is 0 Å². The summed E-state index contributed by atoms with van der Waals surface area (Å²) in [5, 5.41) is 0. The molecule has 2 nitrogen and oxygen atoms in total. The number of nitrogens with zero attached hydrogens (tertiary/aromatic N) is 1. The molecule has 0 spiro atoms. The van der Waals surface area contributed by atoms with Crippen LogP contribution in [0.4, 0.5) is 17.6 Å². The first kappa shape index (κ1) is 10.7. The summed E-state index contributed by atoms with van der Waals surface area (Å²) in [5.74, 6) is -1.19. The van der Waals surface area contributed by atoms with E-state index in [1.165, 1.54) is 6.20 Å². The summed E-state index contributed by atoms with van der Waals surface area (Å²) in [7, 11) is 0. The van der Waals surface area contributed by atoms with E-state index in [0.717, 1.165) is 12.1 Å². The molecule has 1 aromatic carbocycles. The fourth-order valence-electron chi connectivity index (χ4n) is 1.22. The highest BCUT2D eigenvalue weighted by atomic mass is 19.4. The van der Waals surface area contributed by atoms with Crippen LogP contribution >= 0.6 is 0 Å². The molecule has 0 fully saturated rings. The van der Waals surface area contributed by atoms with Gasteiger partial charge in [0.1, 0.15) is 5.82 Å². The van der Waals surface area contributed by atoms with E-state index in [0.29, 0.717) is 6.07 Å². The monoisotopic (exact) mass is 230 g/mol. The van der Waals surface area contributed by atoms with Gasteiger partial charge in [-0.3, -0.25) is 0 Å². The van der Waals surface area contributed by atoms with Gasteiger partial charge in [0.2, 0.25) is 0 Å². The molecule has 0 saturated heterocycles. The van der Waals surface area contributed by atoms with Gasteiger partial charge in [0.25, 0.3) is 6.39 Å². The smallest absolute Gasteiger partial charge is 0.419 e. The Bertz CT molecular complexity index is 490. The molecule has 0 aliphatic carbocycles. The topological polar surface area (TPSA) is 26.0 Å². The van der Waals surface area contributed by atoms with Crippen molar-refractivity contribution in [3.05, 3.63) is 42.2 Å². The van der Waals surface area contributed by atoms with E-state index >= 15 is 0 Å². The van der Waals surface area contributed by atoms with Crippen molar-refractivity contribution in [1.82, 2.24) is 4.98 Å². The lowest BCUT2D eigenvalue weighted by molar-refractivity contribution is -0.139. The van der Waals surface area contributed by atoms with Crippen LogP contribution in [0.2, 0.25) is 0 Å². The van der Waals surface area contributed by atoms with Crippen molar-refractivity contribution in [3.63, 3.8) is 0 Å². The third-order valence-electron chi connectivity index (χ3n) is 1.95. The molecule has 0 aliphatic heterocycles. The molecule has 0 amide bonds. The van der Waals surface area contributed by atoms with E-state index in [1.807, 2.05) is 0 Å². The first-order valence-corrected chi connectivity index (χ1v) is 4.17. The predicted molar refractivity (Wildman–Crippen MR) is 45.7 cm³/mol. The Labute approximate surface area is 87.5 Å². The minimum atomic E-state index is -4.70. The third kappa shape index (κ3) is 1.91. The first-order valence-electron chi connectivity index (χ1n) is 4.17. The molecule has 2 rings (SSSR count). The van der Waals surface area contributed by atoms with E-state index in [9.17, 15) is 17.6 Å². The molecular formula is C10H4F4NO. The molecule has 1 aromatic heterocycles. The van der Waals surface area contributed by atoms with Gasteiger partial charge < -0.3 is 4.42 Å². The Morgan fingerprint density at radius 2 is 2.00 bits per heavy atom. The number of oxazole rings is 1. The maximum Gasteiger partial charge on any atom is 0.419 e. The fraction of sp³-hybridized carbons (Fsp3) is 0.100. The molecular weight excluding hydrogens is 226 g/mol. The zero-order chi connectivity index (χ0) is 11.8. The van der Waals surface area contributed by atoms with Crippen LogP contribution in [0.3, 0.4) is 0 Å². The van der Waals surface area contributed by atoms with E-state index in [1.54, 1.807) is 0 Å². The molecule has 0 N–H and O–H groups in total. The summed E-state index contributed by atoms with van der Waals surface area (Å²) in [4.78, 5) is 3.46. The van der Waals surface area contributed by atoms with Gasteiger partial charge in [0.15, 0.2) is 5.76 Å². The molecule has 2 aromatic rings. The van der Waals surface area contributed by atoms with Gasteiger partial charge in [-0.2, -0.15) is 13.2 Å². The minimum absolute atomic E-state index is 0.160. The zero-order valence-electron chi connectivity index (χ0n) is 7.68. The Morgan fingerprint density at radius 3 is 2.50 bits per heavy atom. The summed E-state index contributed by atoms with van der Waals surface area (Å²) in [6.07, 6.45) is -1.34. The zero-order valence-corrected chi connectivity index (χ0v) is 7.68. The lowest BCUT2D eigenvalue weighted by atomic mass is 10.1. The minimum Gasteiger partial charge on any atom is -0.432 e. The molecule has 0 unspecified atom stereocenters.